The Morgan fingerprint density at radius 1 is 1.31 bits per heavy atom. The van der Waals surface area contributed by atoms with Crippen LogP contribution in [-0.2, 0) is 0 Å². The third kappa shape index (κ3) is 1.45. The minimum absolute atomic E-state index is 0.661. The van der Waals surface area contributed by atoms with E-state index in [1.807, 2.05) is 19.1 Å². The Morgan fingerprint density at radius 2 is 2.23 bits per heavy atom. The molecule has 2 aromatic heterocycles. The normalized spacial score (nSPS) is 10.2. The van der Waals surface area contributed by atoms with Crippen LogP contribution >= 0.6 is 0 Å². The molecule has 0 spiro atoms. The summed E-state index contributed by atoms with van der Waals surface area (Å²) in [5.41, 5.74) is 0.918. The highest BCUT2D eigenvalue weighted by Crippen LogP contribution is 2.21. The predicted octanol–water partition coefficient (Wildman–Crippen LogP) is 2.03. The molecule has 0 saturated carbocycles. The lowest BCUT2D eigenvalue weighted by molar-refractivity contribution is 0.344. The van der Waals surface area contributed by atoms with Crippen LogP contribution in [0.3, 0.4) is 0 Å². The summed E-state index contributed by atoms with van der Waals surface area (Å²) in [5, 5.41) is 0.965. The Labute approximate surface area is 76.4 Å². The Hall–Kier alpha value is -1.64. The van der Waals surface area contributed by atoms with Crippen LogP contribution in [0.1, 0.15) is 6.92 Å². The molecule has 3 nitrogen and oxygen atoms in total. The summed E-state index contributed by atoms with van der Waals surface area (Å²) in [6, 6.07) is 3.73. The molecule has 2 heterocycles. The molecule has 2 rings (SSSR count). The highest BCUT2D eigenvalue weighted by Gasteiger charge is 2.00. The summed E-state index contributed by atoms with van der Waals surface area (Å²) >= 11 is 0. The lowest BCUT2D eigenvalue weighted by Crippen LogP contribution is -1.93. The van der Waals surface area contributed by atoms with Crippen LogP contribution in [0.25, 0.3) is 10.9 Å². The maximum absolute atomic E-state index is 5.44. The van der Waals surface area contributed by atoms with E-state index in [2.05, 4.69) is 9.97 Å². The van der Waals surface area contributed by atoms with Gasteiger partial charge in [-0.2, -0.15) is 0 Å². The molecule has 0 bridgehead atoms. The second-order valence-corrected chi connectivity index (χ2v) is 2.63. The van der Waals surface area contributed by atoms with Gasteiger partial charge in [0, 0.05) is 18.6 Å². The van der Waals surface area contributed by atoms with E-state index in [1.165, 1.54) is 0 Å². The van der Waals surface area contributed by atoms with Crippen molar-refractivity contribution in [2.24, 2.45) is 0 Å². The maximum Gasteiger partial charge on any atom is 0.131 e. The van der Waals surface area contributed by atoms with E-state index in [0.29, 0.717) is 6.61 Å². The Kier molecular flexibility index (Phi) is 2.08. The molecule has 13 heavy (non-hydrogen) atoms. The molecule has 0 aliphatic heterocycles. The van der Waals surface area contributed by atoms with Crippen molar-refractivity contribution in [1.82, 2.24) is 9.97 Å². The first-order valence-corrected chi connectivity index (χ1v) is 4.23. The van der Waals surface area contributed by atoms with E-state index in [0.717, 1.165) is 16.7 Å². The fourth-order valence-electron chi connectivity index (χ4n) is 1.25. The zero-order chi connectivity index (χ0) is 9.10. The molecule has 0 aliphatic rings. The molecule has 0 atom stereocenters. The van der Waals surface area contributed by atoms with Crippen molar-refractivity contribution in [3.05, 3.63) is 30.7 Å². The van der Waals surface area contributed by atoms with Crippen LogP contribution in [0.4, 0.5) is 0 Å². The van der Waals surface area contributed by atoms with Gasteiger partial charge in [0.05, 0.1) is 17.5 Å². The monoisotopic (exact) mass is 174 g/mol. The number of fused-ring (bicyclic) bond motifs is 1. The lowest BCUT2D eigenvalue weighted by atomic mass is 10.2. The highest BCUT2D eigenvalue weighted by molar-refractivity contribution is 5.83. The minimum Gasteiger partial charge on any atom is -0.493 e. The first-order valence-electron chi connectivity index (χ1n) is 4.23. The van der Waals surface area contributed by atoms with Crippen molar-refractivity contribution in [2.75, 3.05) is 6.61 Å². The van der Waals surface area contributed by atoms with Gasteiger partial charge in [0.2, 0.25) is 0 Å². The van der Waals surface area contributed by atoms with Gasteiger partial charge in [-0.05, 0) is 19.1 Å². The number of hydrogen-bond donors (Lipinski definition) is 0. The van der Waals surface area contributed by atoms with Crippen molar-refractivity contribution in [3.8, 4) is 5.75 Å². The molecule has 66 valence electrons. The van der Waals surface area contributed by atoms with E-state index in [9.17, 15) is 0 Å². The third-order valence-corrected chi connectivity index (χ3v) is 1.80. The van der Waals surface area contributed by atoms with Gasteiger partial charge in [-0.15, -0.1) is 0 Å². The van der Waals surface area contributed by atoms with Crippen molar-refractivity contribution in [2.45, 2.75) is 6.92 Å². The van der Waals surface area contributed by atoms with E-state index in [4.69, 9.17) is 4.74 Å². The molecule has 3 heteroatoms. The van der Waals surface area contributed by atoms with Crippen LogP contribution in [-0.4, -0.2) is 16.6 Å². The summed E-state index contributed by atoms with van der Waals surface area (Å²) in [7, 11) is 0. The number of ether oxygens (including phenoxy) is 1. The number of aromatic nitrogens is 2. The van der Waals surface area contributed by atoms with Crippen LogP contribution in [0, 0.1) is 0 Å². The Balaban J connectivity index is 2.61. The molecule has 0 fully saturated rings. The predicted molar refractivity (Wildman–Crippen MR) is 50.7 cm³/mol. The van der Waals surface area contributed by atoms with Gasteiger partial charge in [-0.3, -0.25) is 9.97 Å². The smallest absolute Gasteiger partial charge is 0.131 e. The summed E-state index contributed by atoms with van der Waals surface area (Å²) in [6.07, 6.45) is 5.24. The average Bonchev–Trinajstić information content (AvgIpc) is 2.19. The van der Waals surface area contributed by atoms with Crippen molar-refractivity contribution < 1.29 is 4.74 Å². The zero-order valence-electron chi connectivity index (χ0n) is 7.40. The number of rotatable bonds is 2. The molecule has 0 aromatic carbocycles. The molecule has 0 N–H and O–H groups in total. The molecule has 0 radical (unpaired) electrons. The lowest BCUT2D eigenvalue weighted by Gasteiger charge is -2.04. The molecular weight excluding hydrogens is 164 g/mol. The van der Waals surface area contributed by atoms with Gasteiger partial charge in [-0.1, -0.05) is 0 Å². The van der Waals surface area contributed by atoms with Gasteiger partial charge >= 0.3 is 0 Å². The fraction of sp³-hybridized carbons (Fsp3) is 0.200. The molecular formula is C10H10N2O. The fourth-order valence-corrected chi connectivity index (χ4v) is 1.25. The molecule has 0 saturated heterocycles. The summed E-state index contributed by atoms with van der Waals surface area (Å²) in [5.74, 6) is 0.848. The largest absolute Gasteiger partial charge is 0.493 e. The molecule has 0 amide bonds. The second kappa shape index (κ2) is 3.39. The van der Waals surface area contributed by atoms with Crippen molar-refractivity contribution in [1.29, 1.82) is 0 Å². The summed E-state index contributed by atoms with van der Waals surface area (Å²) in [4.78, 5) is 8.24. The van der Waals surface area contributed by atoms with Crippen LogP contribution in [0.15, 0.2) is 30.7 Å². The van der Waals surface area contributed by atoms with Gasteiger partial charge < -0.3 is 4.74 Å². The quantitative estimate of drug-likeness (QED) is 0.698. The first kappa shape index (κ1) is 7.98. The Bertz CT molecular complexity index is 409. The minimum atomic E-state index is 0.661. The SMILES string of the molecule is CCOc1ccnc2ccncc12. The third-order valence-electron chi connectivity index (χ3n) is 1.80. The standard InChI is InChI=1S/C10H10N2O/c1-2-13-10-4-6-12-9-3-5-11-7-8(9)10/h3-7H,2H2,1H3. The summed E-state index contributed by atoms with van der Waals surface area (Å²) in [6.45, 7) is 2.62. The van der Waals surface area contributed by atoms with Gasteiger partial charge in [0.1, 0.15) is 5.75 Å². The Morgan fingerprint density at radius 3 is 3.08 bits per heavy atom. The zero-order valence-corrected chi connectivity index (χ0v) is 7.40. The van der Waals surface area contributed by atoms with E-state index in [1.54, 1.807) is 18.6 Å². The maximum atomic E-state index is 5.44. The van der Waals surface area contributed by atoms with Gasteiger partial charge in [0.15, 0.2) is 0 Å². The van der Waals surface area contributed by atoms with Crippen LogP contribution < -0.4 is 4.74 Å². The van der Waals surface area contributed by atoms with E-state index >= 15 is 0 Å². The average molecular weight is 174 g/mol. The second-order valence-electron chi connectivity index (χ2n) is 2.63. The van der Waals surface area contributed by atoms with E-state index in [-0.39, 0.29) is 0 Å². The van der Waals surface area contributed by atoms with Crippen LogP contribution in [0.2, 0.25) is 0 Å². The first-order chi connectivity index (χ1) is 6.42. The summed E-state index contributed by atoms with van der Waals surface area (Å²) < 4.78 is 5.44. The molecule has 0 unspecified atom stereocenters. The van der Waals surface area contributed by atoms with Crippen molar-refractivity contribution in [3.63, 3.8) is 0 Å². The van der Waals surface area contributed by atoms with Gasteiger partial charge in [0.25, 0.3) is 0 Å². The number of pyridine rings is 2. The molecule has 2 aromatic rings. The van der Waals surface area contributed by atoms with E-state index < -0.39 is 0 Å². The molecule has 0 aliphatic carbocycles. The highest BCUT2D eigenvalue weighted by atomic mass is 16.5. The van der Waals surface area contributed by atoms with Crippen LogP contribution in [0.5, 0.6) is 5.75 Å². The van der Waals surface area contributed by atoms with Gasteiger partial charge in [-0.25, -0.2) is 0 Å². The topological polar surface area (TPSA) is 35.0 Å². The van der Waals surface area contributed by atoms with Crippen molar-refractivity contribution >= 4 is 10.9 Å². The number of nitrogens with zero attached hydrogens (tertiary/aromatic N) is 2. The number of hydrogen-bond acceptors (Lipinski definition) is 3.